The molecule has 0 aromatic rings. The first-order valence-electron chi connectivity index (χ1n) is 7.48. The second kappa shape index (κ2) is 9.59. The number of unbranched alkanes of at least 4 members (excludes halogenated alkanes) is 2. The number of carboxylic acid groups (broad SMARTS) is 1. The average Bonchev–Trinajstić information content (AvgIpc) is 2.45. The lowest BCUT2D eigenvalue weighted by atomic mass is 9.81. The van der Waals surface area contributed by atoms with Crippen LogP contribution >= 0.6 is 0 Å². The minimum absolute atomic E-state index is 0.0119. The molecule has 20 heavy (non-hydrogen) atoms. The summed E-state index contributed by atoms with van der Waals surface area (Å²) >= 11 is 0. The maximum absolute atomic E-state index is 10.9. The molecule has 4 heteroatoms. The lowest BCUT2D eigenvalue weighted by molar-refractivity contribution is -0.136. The van der Waals surface area contributed by atoms with E-state index in [2.05, 4.69) is 0 Å². The zero-order valence-electron chi connectivity index (χ0n) is 12.3. The number of aliphatic hydroxyl groups is 1. The van der Waals surface area contributed by atoms with E-state index in [0.29, 0.717) is 5.92 Å². The summed E-state index contributed by atoms with van der Waals surface area (Å²) in [7, 11) is 1.38. The summed E-state index contributed by atoms with van der Waals surface area (Å²) in [5.41, 5.74) is 1.34. The molecule has 0 radical (unpaired) electrons. The number of carboxylic acids is 1. The number of aliphatic hydroxyl groups excluding tert-OH is 1. The van der Waals surface area contributed by atoms with Crippen LogP contribution in [0.4, 0.5) is 0 Å². The second-order valence-corrected chi connectivity index (χ2v) is 5.30. The van der Waals surface area contributed by atoms with Crippen LogP contribution in [0.3, 0.4) is 0 Å². The topological polar surface area (TPSA) is 66.8 Å². The zero-order valence-corrected chi connectivity index (χ0v) is 12.3. The Morgan fingerprint density at radius 3 is 2.80 bits per heavy atom. The van der Waals surface area contributed by atoms with Gasteiger partial charge in [0.15, 0.2) is 0 Å². The molecular weight excluding hydrogens is 256 g/mol. The standard InChI is InChI=1S/C16H26O4/c1-20-15(16(18)19)11-10-14-9-5-4-8-13(14)7-3-2-6-12-17/h10-11,13,17H,2-9,12H2,1H3,(H,18,19)/b14-10-,15-11+. The predicted molar refractivity (Wildman–Crippen MR) is 78.3 cm³/mol. The summed E-state index contributed by atoms with van der Waals surface area (Å²) in [4.78, 5) is 10.9. The Morgan fingerprint density at radius 1 is 1.35 bits per heavy atom. The van der Waals surface area contributed by atoms with Gasteiger partial charge in [0.1, 0.15) is 0 Å². The van der Waals surface area contributed by atoms with Crippen molar-refractivity contribution in [3.05, 3.63) is 23.5 Å². The molecule has 0 heterocycles. The highest BCUT2D eigenvalue weighted by molar-refractivity contribution is 5.84. The predicted octanol–water partition coefficient (Wildman–Crippen LogP) is 3.27. The summed E-state index contributed by atoms with van der Waals surface area (Å²) in [5, 5.41) is 17.7. The number of carbonyl (C=O) groups is 1. The van der Waals surface area contributed by atoms with Crippen molar-refractivity contribution in [2.24, 2.45) is 5.92 Å². The van der Waals surface area contributed by atoms with E-state index in [-0.39, 0.29) is 12.4 Å². The van der Waals surface area contributed by atoms with Crippen molar-refractivity contribution in [2.45, 2.75) is 51.4 Å². The Morgan fingerprint density at radius 2 is 2.15 bits per heavy atom. The van der Waals surface area contributed by atoms with Gasteiger partial charge in [-0.3, -0.25) is 0 Å². The van der Waals surface area contributed by atoms with Crippen LogP contribution in [0.5, 0.6) is 0 Å². The fourth-order valence-corrected chi connectivity index (χ4v) is 2.75. The molecule has 1 aliphatic rings. The number of allylic oxidation sites excluding steroid dienone is 3. The van der Waals surface area contributed by atoms with E-state index in [1.54, 1.807) is 6.08 Å². The van der Waals surface area contributed by atoms with Crippen molar-refractivity contribution >= 4 is 5.97 Å². The average molecular weight is 282 g/mol. The maximum atomic E-state index is 10.9. The third kappa shape index (κ3) is 5.78. The van der Waals surface area contributed by atoms with Crippen molar-refractivity contribution in [3.63, 3.8) is 0 Å². The minimum atomic E-state index is -1.03. The van der Waals surface area contributed by atoms with Crippen molar-refractivity contribution in [2.75, 3.05) is 13.7 Å². The molecule has 0 amide bonds. The summed E-state index contributed by atoms with van der Waals surface area (Å²) in [6, 6.07) is 0. The van der Waals surface area contributed by atoms with Crippen LogP contribution in [0, 0.1) is 5.92 Å². The normalized spacial score (nSPS) is 22.0. The molecule has 1 aliphatic carbocycles. The van der Waals surface area contributed by atoms with E-state index < -0.39 is 5.97 Å². The molecule has 1 unspecified atom stereocenters. The molecule has 0 aliphatic heterocycles. The number of rotatable bonds is 8. The SMILES string of the molecule is CO/C(=C/C=C1/CCCCC1CCCCCO)C(=O)O. The quantitative estimate of drug-likeness (QED) is 0.407. The molecule has 1 rings (SSSR count). The number of ether oxygens (including phenoxy) is 1. The summed E-state index contributed by atoms with van der Waals surface area (Å²) < 4.78 is 4.84. The van der Waals surface area contributed by atoms with E-state index in [0.717, 1.165) is 32.1 Å². The Balaban J connectivity index is 2.60. The first-order valence-corrected chi connectivity index (χ1v) is 7.48. The van der Waals surface area contributed by atoms with Crippen molar-refractivity contribution < 1.29 is 19.7 Å². The van der Waals surface area contributed by atoms with Crippen LogP contribution in [0.1, 0.15) is 51.4 Å². The van der Waals surface area contributed by atoms with E-state index >= 15 is 0 Å². The molecular formula is C16H26O4. The molecule has 1 saturated carbocycles. The summed E-state index contributed by atoms with van der Waals surface area (Å²) in [5.74, 6) is -0.479. The van der Waals surface area contributed by atoms with Gasteiger partial charge >= 0.3 is 5.97 Å². The molecule has 2 N–H and O–H groups in total. The highest BCUT2D eigenvalue weighted by Gasteiger charge is 2.18. The zero-order chi connectivity index (χ0) is 14.8. The Hall–Kier alpha value is -1.29. The molecule has 1 fully saturated rings. The van der Waals surface area contributed by atoms with Gasteiger partial charge in [-0.1, -0.05) is 30.9 Å². The van der Waals surface area contributed by atoms with Crippen molar-refractivity contribution in [1.29, 1.82) is 0 Å². The molecule has 0 spiro atoms. The maximum Gasteiger partial charge on any atom is 0.371 e. The molecule has 4 nitrogen and oxygen atoms in total. The van der Waals surface area contributed by atoms with Gasteiger partial charge in [-0.05, 0) is 44.1 Å². The van der Waals surface area contributed by atoms with Crippen LogP contribution < -0.4 is 0 Å². The minimum Gasteiger partial charge on any atom is -0.490 e. The fourth-order valence-electron chi connectivity index (χ4n) is 2.75. The third-order valence-corrected chi connectivity index (χ3v) is 3.88. The second-order valence-electron chi connectivity index (χ2n) is 5.30. The van der Waals surface area contributed by atoms with E-state index in [1.807, 2.05) is 6.08 Å². The van der Waals surface area contributed by atoms with Gasteiger partial charge in [0, 0.05) is 6.61 Å². The molecule has 1 atom stereocenters. The monoisotopic (exact) mass is 282 g/mol. The number of methoxy groups -OCH3 is 1. The summed E-state index contributed by atoms with van der Waals surface area (Å²) in [6.45, 7) is 0.270. The molecule has 114 valence electrons. The van der Waals surface area contributed by atoms with Gasteiger partial charge in [0.25, 0.3) is 0 Å². The lowest BCUT2D eigenvalue weighted by Crippen LogP contribution is -2.10. The van der Waals surface area contributed by atoms with E-state index in [1.165, 1.54) is 31.9 Å². The number of aliphatic carboxylic acids is 1. The smallest absolute Gasteiger partial charge is 0.371 e. The van der Waals surface area contributed by atoms with Crippen LogP contribution in [0.25, 0.3) is 0 Å². The van der Waals surface area contributed by atoms with Gasteiger partial charge < -0.3 is 14.9 Å². The number of hydrogen-bond donors (Lipinski definition) is 2. The Kier molecular flexibility index (Phi) is 8.04. The lowest BCUT2D eigenvalue weighted by Gasteiger charge is -2.25. The van der Waals surface area contributed by atoms with Gasteiger partial charge in [0.05, 0.1) is 7.11 Å². The van der Waals surface area contributed by atoms with Crippen LogP contribution in [-0.4, -0.2) is 29.9 Å². The van der Waals surface area contributed by atoms with Gasteiger partial charge in [0.2, 0.25) is 5.76 Å². The number of hydrogen-bond acceptors (Lipinski definition) is 3. The highest BCUT2D eigenvalue weighted by Crippen LogP contribution is 2.33. The largest absolute Gasteiger partial charge is 0.490 e. The fraction of sp³-hybridized carbons (Fsp3) is 0.688. The highest BCUT2D eigenvalue weighted by atomic mass is 16.5. The van der Waals surface area contributed by atoms with Gasteiger partial charge in [-0.25, -0.2) is 4.79 Å². The summed E-state index contributed by atoms with van der Waals surface area (Å²) in [6.07, 6.45) is 12.4. The third-order valence-electron chi connectivity index (χ3n) is 3.88. The van der Waals surface area contributed by atoms with Gasteiger partial charge in [-0.2, -0.15) is 0 Å². The van der Waals surface area contributed by atoms with E-state index in [4.69, 9.17) is 14.9 Å². The first-order chi connectivity index (χ1) is 9.69. The van der Waals surface area contributed by atoms with E-state index in [9.17, 15) is 4.79 Å². The Bertz CT molecular complexity index is 357. The van der Waals surface area contributed by atoms with Crippen molar-refractivity contribution in [1.82, 2.24) is 0 Å². The Labute approximate surface area is 121 Å². The van der Waals surface area contributed by atoms with Crippen LogP contribution in [0.15, 0.2) is 23.5 Å². The van der Waals surface area contributed by atoms with Crippen LogP contribution in [-0.2, 0) is 9.53 Å². The molecule has 0 bridgehead atoms. The first kappa shape index (κ1) is 16.8. The van der Waals surface area contributed by atoms with Gasteiger partial charge in [-0.15, -0.1) is 0 Å². The molecule has 0 aromatic carbocycles. The van der Waals surface area contributed by atoms with Crippen LogP contribution in [0.2, 0.25) is 0 Å². The molecule has 0 aromatic heterocycles. The molecule has 0 saturated heterocycles. The van der Waals surface area contributed by atoms with Crippen molar-refractivity contribution in [3.8, 4) is 0 Å².